The van der Waals surface area contributed by atoms with Gasteiger partial charge in [-0.05, 0) is 76.8 Å². The lowest BCUT2D eigenvalue weighted by Crippen LogP contribution is -2.35. The monoisotopic (exact) mass is 721 g/mol. The molecule has 6 nitrogen and oxygen atoms in total. The second-order valence-corrected chi connectivity index (χ2v) is 13.3. The van der Waals surface area contributed by atoms with Crippen molar-refractivity contribution >= 4 is 39.9 Å². The van der Waals surface area contributed by atoms with Crippen LogP contribution in [-0.2, 0) is 31.4 Å². The second-order valence-electron chi connectivity index (χ2n) is 13.3. The topological polar surface area (TPSA) is 76.1 Å². The highest BCUT2D eigenvalue weighted by Gasteiger charge is 2.57. The molecule has 0 spiro atoms. The first-order valence-corrected chi connectivity index (χ1v) is 16.7. The zero-order valence-electron chi connectivity index (χ0n) is 27.8. The molecule has 270 valence electrons. The molecule has 2 heterocycles. The Labute approximate surface area is 294 Å². The first-order chi connectivity index (χ1) is 24.8. The summed E-state index contributed by atoms with van der Waals surface area (Å²) in [5.41, 5.74) is 0.372. The maximum atomic E-state index is 14.0. The van der Waals surface area contributed by atoms with Crippen molar-refractivity contribution in [3.63, 3.8) is 0 Å². The fourth-order valence-corrected chi connectivity index (χ4v) is 7.96. The van der Waals surface area contributed by atoms with Gasteiger partial charge in [-0.25, -0.2) is 4.90 Å². The van der Waals surface area contributed by atoms with E-state index < -0.39 is 64.8 Å². The number of amides is 2. The highest BCUT2D eigenvalue weighted by molar-refractivity contribution is 6.22. The summed E-state index contributed by atoms with van der Waals surface area (Å²) in [5, 5.41) is 12.0. The van der Waals surface area contributed by atoms with E-state index in [1.807, 2.05) is 60.7 Å². The number of anilines is 1. The van der Waals surface area contributed by atoms with Crippen LogP contribution in [0.15, 0.2) is 96.1 Å². The first-order valence-electron chi connectivity index (χ1n) is 16.7. The average Bonchev–Trinajstić information content (AvgIpc) is 3.65. The van der Waals surface area contributed by atoms with Crippen molar-refractivity contribution in [2.45, 2.75) is 37.7 Å². The van der Waals surface area contributed by atoms with Crippen LogP contribution in [0, 0.1) is 17.8 Å². The van der Waals surface area contributed by atoms with Crippen LogP contribution in [0.2, 0.25) is 0 Å². The molecule has 0 radical (unpaired) electrons. The molecule has 4 aromatic rings. The number of imide groups is 1. The molecule has 0 aromatic heterocycles. The minimum atomic E-state index is -5.15. The molecule has 3 aliphatic rings. The molecule has 0 saturated carbocycles. The number of carbonyl (C=O) groups is 2. The molecule has 0 unspecified atom stereocenters. The molecular formula is C40H33F6NO5. The fourth-order valence-electron chi connectivity index (χ4n) is 7.96. The van der Waals surface area contributed by atoms with E-state index in [0.29, 0.717) is 35.3 Å². The van der Waals surface area contributed by atoms with Crippen molar-refractivity contribution in [1.82, 2.24) is 0 Å². The Morgan fingerprint density at radius 2 is 1.52 bits per heavy atom. The zero-order valence-corrected chi connectivity index (χ0v) is 27.8. The van der Waals surface area contributed by atoms with Crippen molar-refractivity contribution in [1.29, 1.82) is 0 Å². The Hall–Kier alpha value is -4.94. The van der Waals surface area contributed by atoms with Gasteiger partial charge in [-0.2, -0.15) is 26.3 Å². The quantitative estimate of drug-likeness (QED) is 0.0851. The van der Waals surface area contributed by atoms with Crippen LogP contribution < -0.4 is 4.90 Å². The molecule has 4 aromatic carbocycles. The molecule has 1 aliphatic carbocycles. The number of carbonyl (C=O) groups excluding carboxylic acids is 2. The number of aromatic hydroxyl groups is 1. The lowest BCUT2D eigenvalue weighted by molar-refractivity contribution is -0.143. The molecule has 1 N–H and O–H groups in total. The predicted octanol–water partition coefficient (Wildman–Crippen LogP) is 9.07. The summed E-state index contributed by atoms with van der Waals surface area (Å²) in [4.78, 5) is 28.2. The molecule has 2 saturated heterocycles. The van der Waals surface area contributed by atoms with Gasteiger partial charge in [-0.1, -0.05) is 66.7 Å². The van der Waals surface area contributed by atoms with Crippen molar-refractivity contribution in [3.8, 4) is 5.75 Å². The Morgan fingerprint density at radius 3 is 2.17 bits per heavy atom. The summed E-state index contributed by atoms with van der Waals surface area (Å²) in [6, 6.07) is 21.6. The van der Waals surface area contributed by atoms with E-state index >= 15 is 0 Å². The lowest BCUT2D eigenvalue weighted by Gasteiger charge is -2.31. The number of benzene rings is 4. The first kappa shape index (κ1) is 35.5. The summed E-state index contributed by atoms with van der Waals surface area (Å²) in [5.74, 6) is -4.18. The number of hydrogen-bond donors (Lipinski definition) is 1. The van der Waals surface area contributed by atoms with Gasteiger partial charge in [-0.3, -0.25) is 9.59 Å². The largest absolute Gasteiger partial charge is 0.507 e. The number of halogens is 6. The van der Waals surface area contributed by atoms with Gasteiger partial charge in [0.15, 0.2) is 0 Å². The number of hydrogen-bond acceptors (Lipinski definition) is 5. The van der Waals surface area contributed by atoms with Crippen LogP contribution in [0.5, 0.6) is 5.75 Å². The summed E-state index contributed by atoms with van der Waals surface area (Å²) in [6.45, 7) is 0.156. The summed E-state index contributed by atoms with van der Waals surface area (Å²) < 4.78 is 94.0. The SMILES string of the molecule is COCC1=C2[C@@H](CC/C(=C/c3ccc(O)c4ccccc34)c3ccccc3)OC[C@@H]2[C@@H]2C(=O)N(c3cc(C(F)(F)F)cc(C(F)(F)F)c3)C(=O)[C@@H]2C1. The Bertz CT molecular complexity index is 2070. The number of nitrogens with zero attached hydrogens (tertiary/aromatic N) is 1. The van der Waals surface area contributed by atoms with Gasteiger partial charge in [0.1, 0.15) is 5.75 Å². The number of fused-ring (bicyclic) bond motifs is 4. The van der Waals surface area contributed by atoms with E-state index in [4.69, 9.17) is 9.47 Å². The van der Waals surface area contributed by atoms with Crippen LogP contribution in [-0.4, -0.2) is 43.3 Å². The lowest BCUT2D eigenvalue weighted by atomic mass is 9.69. The fraction of sp³-hybridized carbons (Fsp3) is 0.300. The predicted molar refractivity (Wildman–Crippen MR) is 182 cm³/mol. The second kappa shape index (κ2) is 13.6. The van der Waals surface area contributed by atoms with Gasteiger partial charge < -0.3 is 14.6 Å². The van der Waals surface area contributed by atoms with E-state index in [-0.39, 0.29) is 31.5 Å². The molecule has 0 bridgehead atoms. The highest BCUT2D eigenvalue weighted by atomic mass is 19.4. The number of phenols is 1. The number of allylic oxidation sites excluding steroid dienone is 1. The van der Waals surface area contributed by atoms with Crippen LogP contribution in [0.1, 0.15) is 41.5 Å². The van der Waals surface area contributed by atoms with Crippen molar-refractivity contribution in [2.75, 3.05) is 25.2 Å². The molecule has 2 aliphatic heterocycles. The molecule has 2 amide bonds. The van der Waals surface area contributed by atoms with Gasteiger partial charge in [-0.15, -0.1) is 0 Å². The number of alkyl halides is 6. The van der Waals surface area contributed by atoms with Gasteiger partial charge >= 0.3 is 12.4 Å². The van der Waals surface area contributed by atoms with E-state index in [0.717, 1.165) is 33.2 Å². The minimum absolute atomic E-state index is 0.0321. The number of rotatable bonds is 8. The van der Waals surface area contributed by atoms with E-state index in [2.05, 4.69) is 6.08 Å². The van der Waals surface area contributed by atoms with Gasteiger partial charge in [0.25, 0.3) is 0 Å². The Balaban J connectivity index is 1.21. The average molecular weight is 722 g/mol. The maximum absolute atomic E-state index is 14.0. The zero-order chi connectivity index (χ0) is 36.9. The highest BCUT2D eigenvalue weighted by Crippen LogP contribution is 2.51. The summed E-state index contributed by atoms with van der Waals surface area (Å²) >= 11 is 0. The standard InChI is InChI=1S/C40H33F6NO5/c1-51-20-25-16-31-36(38(50)47(37(31)49)28-18-26(39(41,42)43)17-27(19-28)40(44,45)46)32-21-52-34(35(25)32)14-12-23(22-7-3-2-4-8-22)15-24-11-13-33(48)30-10-6-5-9-29(24)30/h2-11,13,15,17-19,31-32,34,36,48H,12,14,16,20-21H2,1H3/b23-15-/t31-,32+,34-,36-/m1/s1. The van der Waals surface area contributed by atoms with Crippen LogP contribution in [0.4, 0.5) is 32.0 Å². The Morgan fingerprint density at radius 1 is 0.865 bits per heavy atom. The van der Waals surface area contributed by atoms with Crippen LogP contribution in [0.25, 0.3) is 22.4 Å². The minimum Gasteiger partial charge on any atom is -0.507 e. The van der Waals surface area contributed by atoms with Crippen LogP contribution >= 0.6 is 0 Å². The molecule has 12 heteroatoms. The third kappa shape index (κ3) is 6.49. The van der Waals surface area contributed by atoms with Crippen molar-refractivity contribution in [3.05, 3.63) is 118 Å². The van der Waals surface area contributed by atoms with Gasteiger partial charge in [0, 0.05) is 18.4 Å². The Kier molecular flexibility index (Phi) is 9.24. The number of methoxy groups -OCH3 is 1. The van der Waals surface area contributed by atoms with Crippen LogP contribution in [0.3, 0.4) is 0 Å². The number of ether oxygens (including phenoxy) is 2. The molecule has 2 fully saturated rings. The molecular weight excluding hydrogens is 688 g/mol. The van der Waals surface area contributed by atoms with Gasteiger partial charge in [0.2, 0.25) is 11.8 Å². The van der Waals surface area contributed by atoms with Gasteiger partial charge in [0.05, 0.1) is 48.0 Å². The third-order valence-corrected chi connectivity index (χ3v) is 10.2. The van der Waals surface area contributed by atoms with E-state index in [1.165, 1.54) is 7.11 Å². The van der Waals surface area contributed by atoms with E-state index in [9.17, 15) is 41.0 Å². The van der Waals surface area contributed by atoms with Crippen molar-refractivity contribution in [2.24, 2.45) is 17.8 Å². The smallest absolute Gasteiger partial charge is 0.416 e. The molecule has 52 heavy (non-hydrogen) atoms. The summed E-state index contributed by atoms with van der Waals surface area (Å²) in [7, 11) is 1.48. The normalized spacial score (nSPS) is 22.4. The third-order valence-electron chi connectivity index (χ3n) is 10.2. The number of phenolic OH excluding ortho intramolecular Hbond substituents is 1. The van der Waals surface area contributed by atoms with E-state index in [1.54, 1.807) is 6.07 Å². The summed E-state index contributed by atoms with van der Waals surface area (Å²) in [6.07, 6.45) is -7.67. The van der Waals surface area contributed by atoms with Crippen molar-refractivity contribution < 1.29 is 50.5 Å². The maximum Gasteiger partial charge on any atom is 0.416 e. The molecule has 7 rings (SSSR count). The molecule has 4 atom stereocenters.